The lowest BCUT2D eigenvalue weighted by Gasteiger charge is -2.39. The number of carbonyl (C=O) groups excluding carboxylic acids is 5. The maximum Gasteiger partial charge on any atom is 0.413 e. The number of benzene rings is 2. The van der Waals surface area contributed by atoms with Crippen LogP contribution in [0.15, 0.2) is 77.4 Å². The minimum Gasteiger partial charge on any atom is -0.450 e. The van der Waals surface area contributed by atoms with Gasteiger partial charge < -0.3 is 39.9 Å². The molecular weight excluding hydrogens is 833 g/mol. The van der Waals surface area contributed by atoms with Gasteiger partial charge in [0, 0.05) is 50.3 Å². The molecule has 0 bridgehead atoms. The summed E-state index contributed by atoms with van der Waals surface area (Å²) in [6, 6.07) is 17.0. The zero-order valence-electron chi connectivity index (χ0n) is 36.0. The molecule has 3 aliphatic rings. The Kier molecular flexibility index (Phi) is 13.1. The number of carbonyl (C=O) groups is 5. The van der Waals surface area contributed by atoms with Crippen LogP contribution in [-0.4, -0.2) is 109 Å². The van der Waals surface area contributed by atoms with E-state index in [9.17, 15) is 24.0 Å². The fourth-order valence-electron chi connectivity index (χ4n) is 6.64. The number of hydrogen-bond donors (Lipinski definition) is 4. The first-order valence-electron chi connectivity index (χ1n) is 20.7. The molecule has 1 aliphatic carbocycles. The van der Waals surface area contributed by atoms with Gasteiger partial charge in [0.25, 0.3) is 5.91 Å². The van der Waals surface area contributed by atoms with Gasteiger partial charge in [0.05, 0.1) is 24.5 Å². The molecule has 0 unspecified atom stereocenters. The summed E-state index contributed by atoms with van der Waals surface area (Å²) in [7, 11) is 0. The number of nitrogens with one attached hydrogen (secondary N) is 4. The number of aromatic nitrogens is 4. The van der Waals surface area contributed by atoms with Crippen molar-refractivity contribution in [3.05, 3.63) is 94.8 Å². The highest BCUT2D eigenvalue weighted by Crippen LogP contribution is 2.43. The number of likely N-dealkylation sites (tertiary alicyclic amines) is 1. The third-order valence-electron chi connectivity index (χ3n) is 9.98. The molecule has 0 spiro atoms. The number of thiazole rings is 1. The van der Waals surface area contributed by atoms with Crippen LogP contribution in [0.3, 0.4) is 0 Å². The second-order valence-electron chi connectivity index (χ2n) is 17.6. The number of β-lactam (4-membered cyclic amide) rings is 1. The molecule has 4 heterocycles. The van der Waals surface area contributed by atoms with Crippen molar-refractivity contribution in [3.63, 3.8) is 0 Å². The van der Waals surface area contributed by atoms with Crippen molar-refractivity contribution in [2.24, 2.45) is 11.1 Å². The van der Waals surface area contributed by atoms with E-state index in [2.05, 4.69) is 41.6 Å². The van der Waals surface area contributed by atoms with Gasteiger partial charge >= 0.3 is 18.2 Å². The summed E-state index contributed by atoms with van der Waals surface area (Å²) in [6.45, 7) is 13.1. The SMILES string of the molecule is CC(C)(C)OC(=O)Nc1nc(/C(=N/OC2(C(=O)OC(c3ccccc3)c3ccccc3)CC2)C(=O)N[C@@H]2C(=O)N[C@@H]2Cn2ncc(CNCC3CN(C(=O)OC(C)(C)C)C3)n2)cs1. The molecule has 334 valence electrons. The Morgan fingerprint density at radius 3 is 2.21 bits per heavy atom. The van der Waals surface area contributed by atoms with Crippen LogP contribution in [-0.2, 0) is 46.5 Å². The first kappa shape index (κ1) is 44.6. The van der Waals surface area contributed by atoms with Gasteiger partial charge in [-0.25, -0.2) is 19.4 Å². The highest BCUT2D eigenvalue weighted by Gasteiger charge is 2.56. The van der Waals surface area contributed by atoms with Gasteiger partial charge in [-0.1, -0.05) is 65.8 Å². The Hall–Kier alpha value is -6.41. The lowest BCUT2D eigenvalue weighted by molar-refractivity contribution is -0.164. The second-order valence-corrected chi connectivity index (χ2v) is 18.5. The average Bonchev–Trinajstić information content (AvgIpc) is 3.64. The molecule has 2 aliphatic heterocycles. The molecule has 4 aromatic rings. The molecule has 2 saturated heterocycles. The molecule has 63 heavy (non-hydrogen) atoms. The fourth-order valence-corrected chi connectivity index (χ4v) is 7.32. The van der Waals surface area contributed by atoms with Crippen LogP contribution in [0.4, 0.5) is 14.7 Å². The third kappa shape index (κ3) is 11.7. The second kappa shape index (κ2) is 18.5. The van der Waals surface area contributed by atoms with E-state index >= 15 is 0 Å². The van der Waals surface area contributed by atoms with Crippen LogP contribution in [0.25, 0.3) is 0 Å². The standard InChI is InChI=1S/C43H52N10O9S/c1-41(2,3)60-39(57)49-38-47-31(25-63-38)33(51-62-43(17-18-43)37(56)59-34(27-13-9-7-10-14-27)28-15-11-8-12-16-28)36(55)48-32-30(46-35(32)54)24-53-45-21-29(50-53)20-44-19-26-22-52(23-26)40(58)61-42(4,5)6/h7-16,21,25-26,30,32,34,44H,17-20,22-24H2,1-6H3,(H,46,54)(H,48,55)(H,47,49,57)/b51-33-/t30-,32+/m1/s1. The van der Waals surface area contributed by atoms with E-state index in [0.29, 0.717) is 31.9 Å². The third-order valence-corrected chi connectivity index (χ3v) is 10.7. The van der Waals surface area contributed by atoms with Gasteiger partial charge in [-0.2, -0.15) is 15.0 Å². The van der Waals surface area contributed by atoms with Crippen molar-refractivity contribution in [2.75, 3.05) is 25.0 Å². The van der Waals surface area contributed by atoms with E-state index < -0.39 is 58.9 Å². The predicted octanol–water partition coefficient (Wildman–Crippen LogP) is 4.31. The van der Waals surface area contributed by atoms with Crippen molar-refractivity contribution >= 4 is 52.2 Å². The van der Waals surface area contributed by atoms with Crippen molar-refractivity contribution in [2.45, 2.75) is 102 Å². The lowest BCUT2D eigenvalue weighted by atomic mass is 9.98. The molecule has 2 aromatic carbocycles. The molecule has 7 rings (SSSR count). The Labute approximate surface area is 368 Å². The van der Waals surface area contributed by atoms with Crippen molar-refractivity contribution in [3.8, 4) is 0 Å². The van der Waals surface area contributed by atoms with E-state index in [1.165, 1.54) is 10.2 Å². The van der Waals surface area contributed by atoms with Crippen LogP contribution >= 0.6 is 11.3 Å². The van der Waals surface area contributed by atoms with Gasteiger partial charge in [-0.15, -0.1) is 11.3 Å². The monoisotopic (exact) mass is 884 g/mol. The number of nitrogens with zero attached hydrogens (tertiary/aromatic N) is 6. The number of esters is 1. The maximum atomic E-state index is 14.0. The maximum absolute atomic E-state index is 14.0. The van der Waals surface area contributed by atoms with Gasteiger partial charge in [0.1, 0.15) is 22.9 Å². The number of rotatable bonds is 16. The van der Waals surface area contributed by atoms with Crippen molar-refractivity contribution in [1.82, 2.24) is 40.8 Å². The van der Waals surface area contributed by atoms with Crippen LogP contribution in [0.2, 0.25) is 0 Å². The molecule has 1 saturated carbocycles. The highest BCUT2D eigenvalue weighted by atomic mass is 32.1. The zero-order valence-corrected chi connectivity index (χ0v) is 36.8. The van der Waals surface area contributed by atoms with Crippen LogP contribution in [0, 0.1) is 5.92 Å². The number of anilines is 1. The molecule has 4 N–H and O–H groups in total. The van der Waals surface area contributed by atoms with Crippen molar-refractivity contribution in [1.29, 1.82) is 0 Å². The number of oxime groups is 1. The molecular formula is C43H52N10O9S. The summed E-state index contributed by atoms with van der Waals surface area (Å²) in [5.74, 6) is -1.64. The molecule has 3 fully saturated rings. The summed E-state index contributed by atoms with van der Waals surface area (Å²) in [5, 5.41) is 26.0. The summed E-state index contributed by atoms with van der Waals surface area (Å²) < 4.78 is 16.8. The minimum atomic E-state index is -1.48. The Balaban J connectivity index is 0.998. The summed E-state index contributed by atoms with van der Waals surface area (Å²) in [5.41, 5.74) is -0.933. The Bertz CT molecular complexity index is 2270. The van der Waals surface area contributed by atoms with Gasteiger partial charge in [-0.05, 0) is 52.7 Å². The molecule has 20 heteroatoms. The first-order chi connectivity index (χ1) is 29.9. The number of ether oxygens (including phenoxy) is 3. The average molecular weight is 885 g/mol. The smallest absolute Gasteiger partial charge is 0.413 e. The van der Waals surface area contributed by atoms with Crippen LogP contribution in [0.5, 0.6) is 0 Å². The Morgan fingerprint density at radius 1 is 0.952 bits per heavy atom. The highest BCUT2D eigenvalue weighted by molar-refractivity contribution is 7.14. The van der Waals surface area contributed by atoms with Crippen LogP contribution < -0.4 is 21.3 Å². The summed E-state index contributed by atoms with van der Waals surface area (Å²) in [6.07, 6.45) is 0.364. The normalized spacial score (nSPS) is 18.4. The minimum absolute atomic E-state index is 0.0146. The van der Waals surface area contributed by atoms with Crippen LogP contribution in [0.1, 0.15) is 83.0 Å². The van der Waals surface area contributed by atoms with E-state index in [0.717, 1.165) is 22.5 Å². The topological polar surface area (TPSA) is 230 Å². The first-order valence-corrected chi connectivity index (χ1v) is 21.5. The van der Waals surface area contributed by atoms with E-state index in [1.807, 2.05) is 81.4 Å². The Morgan fingerprint density at radius 2 is 1.60 bits per heavy atom. The zero-order chi connectivity index (χ0) is 44.9. The quantitative estimate of drug-likeness (QED) is 0.0405. The molecule has 2 aromatic heterocycles. The molecule has 19 nitrogen and oxygen atoms in total. The van der Waals surface area contributed by atoms with E-state index in [1.54, 1.807) is 31.9 Å². The molecule has 4 amide bonds. The van der Waals surface area contributed by atoms with Gasteiger partial charge in [0.15, 0.2) is 16.9 Å². The molecule has 2 atom stereocenters. The molecule has 0 radical (unpaired) electrons. The van der Waals surface area contributed by atoms with Gasteiger partial charge in [0.2, 0.25) is 11.5 Å². The fraction of sp³-hybridized carbons (Fsp3) is 0.465. The van der Waals surface area contributed by atoms with Gasteiger partial charge in [-0.3, -0.25) is 14.9 Å². The largest absolute Gasteiger partial charge is 0.450 e. The van der Waals surface area contributed by atoms with E-state index in [-0.39, 0.29) is 47.9 Å². The summed E-state index contributed by atoms with van der Waals surface area (Å²) >= 11 is 1.01. The summed E-state index contributed by atoms with van der Waals surface area (Å²) in [4.78, 5) is 78.9. The number of amides is 4. The lowest BCUT2D eigenvalue weighted by Crippen LogP contribution is -2.70. The number of hydrogen-bond acceptors (Lipinski definition) is 15. The van der Waals surface area contributed by atoms with E-state index in [4.69, 9.17) is 19.0 Å². The predicted molar refractivity (Wildman–Crippen MR) is 229 cm³/mol. The van der Waals surface area contributed by atoms with Crippen molar-refractivity contribution < 1.29 is 43.0 Å².